The van der Waals surface area contributed by atoms with Gasteiger partial charge < -0.3 is 9.47 Å². The molecule has 0 fully saturated rings. The molecule has 1 unspecified atom stereocenters. The molecular weight excluding hydrogens is 233 g/mol. The summed E-state index contributed by atoms with van der Waals surface area (Å²) in [6.07, 6.45) is 2.71. The molecule has 0 bridgehead atoms. The highest BCUT2D eigenvalue weighted by atomic mass is 19.2. The Morgan fingerprint density at radius 2 is 2.06 bits per heavy atom. The van der Waals surface area contributed by atoms with Crippen LogP contribution in [-0.4, -0.2) is 25.9 Å². The van der Waals surface area contributed by atoms with Crippen molar-refractivity contribution in [2.24, 2.45) is 0 Å². The van der Waals surface area contributed by atoms with E-state index in [0.29, 0.717) is 18.0 Å². The summed E-state index contributed by atoms with van der Waals surface area (Å²) in [6.45, 7) is 2.44. The number of halogens is 1. The Morgan fingerprint density at radius 1 is 1.28 bits per heavy atom. The van der Waals surface area contributed by atoms with Gasteiger partial charge >= 0.3 is 0 Å². The third kappa shape index (κ3) is 2.48. The van der Waals surface area contributed by atoms with Crippen molar-refractivity contribution >= 4 is 0 Å². The Kier molecular flexibility index (Phi) is 3.87. The number of benzene rings is 1. The zero-order valence-corrected chi connectivity index (χ0v) is 10.9. The molecule has 1 heterocycles. The summed E-state index contributed by atoms with van der Waals surface area (Å²) in [7, 11) is 3.18. The standard InChI is InChI=1S/C14H18FNO2/c1-10-6-7-16(15)13(8-10)12-5-4-11(17-2)9-14(12)18-3/h4-5,8-9,13H,6-7H2,1-3H3. The molecule has 4 heteroatoms. The van der Waals surface area contributed by atoms with Gasteiger partial charge in [-0.3, -0.25) is 0 Å². The Morgan fingerprint density at radius 3 is 2.72 bits per heavy atom. The van der Waals surface area contributed by atoms with Crippen molar-refractivity contribution in [1.29, 1.82) is 0 Å². The lowest BCUT2D eigenvalue weighted by atomic mass is 9.98. The quantitative estimate of drug-likeness (QED) is 0.608. The Labute approximate surface area is 107 Å². The molecule has 1 aromatic carbocycles. The van der Waals surface area contributed by atoms with E-state index in [4.69, 9.17) is 9.47 Å². The van der Waals surface area contributed by atoms with Crippen molar-refractivity contribution < 1.29 is 14.0 Å². The number of hydrogen-bond donors (Lipinski definition) is 0. The fourth-order valence-corrected chi connectivity index (χ4v) is 2.16. The SMILES string of the molecule is COc1ccc(C2C=C(C)CCN2F)c(OC)c1. The first kappa shape index (κ1) is 12.9. The molecule has 0 spiro atoms. The van der Waals surface area contributed by atoms with Gasteiger partial charge in [0.2, 0.25) is 0 Å². The van der Waals surface area contributed by atoms with Gasteiger partial charge in [-0.05, 0) is 25.5 Å². The molecule has 1 aliphatic rings. The molecular formula is C14H18FNO2. The van der Waals surface area contributed by atoms with Crippen molar-refractivity contribution in [3.05, 3.63) is 35.4 Å². The summed E-state index contributed by atoms with van der Waals surface area (Å²) in [6, 6.07) is 5.08. The average Bonchev–Trinajstić information content (AvgIpc) is 2.41. The van der Waals surface area contributed by atoms with Crippen molar-refractivity contribution in [2.75, 3.05) is 20.8 Å². The van der Waals surface area contributed by atoms with Gasteiger partial charge in [0.05, 0.1) is 20.3 Å². The number of ether oxygens (including phenoxy) is 2. The first-order chi connectivity index (χ1) is 8.65. The van der Waals surface area contributed by atoms with E-state index in [-0.39, 0.29) is 6.04 Å². The number of nitrogens with zero attached hydrogens (tertiary/aromatic N) is 1. The maximum absolute atomic E-state index is 13.9. The first-order valence-electron chi connectivity index (χ1n) is 5.97. The maximum Gasteiger partial charge on any atom is 0.127 e. The van der Waals surface area contributed by atoms with Crippen LogP contribution >= 0.6 is 0 Å². The third-order valence-corrected chi connectivity index (χ3v) is 3.22. The van der Waals surface area contributed by atoms with Crippen LogP contribution in [0, 0.1) is 0 Å². The van der Waals surface area contributed by atoms with Crippen LogP contribution in [0.4, 0.5) is 4.48 Å². The second-order valence-corrected chi connectivity index (χ2v) is 4.44. The van der Waals surface area contributed by atoms with E-state index in [9.17, 15) is 4.48 Å². The summed E-state index contributed by atoms with van der Waals surface area (Å²) in [5.41, 5.74) is 2.02. The lowest BCUT2D eigenvalue weighted by Gasteiger charge is -2.27. The second-order valence-electron chi connectivity index (χ2n) is 4.44. The molecule has 0 saturated carbocycles. The number of hydrogen-bond acceptors (Lipinski definition) is 3. The van der Waals surface area contributed by atoms with Gasteiger partial charge in [0.1, 0.15) is 11.5 Å². The normalized spacial score (nSPS) is 20.4. The summed E-state index contributed by atoms with van der Waals surface area (Å²) >= 11 is 0. The van der Waals surface area contributed by atoms with Crippen LogP contribution < -0.4 is 9.47 Å². The smallest absolute Gasteiger partial charge is 0.127 e. The first-order valence-corrected chi connectivity index (χ1v) is 5.97. The predicted molar refractivity (Wildman–Crippen MR) is 68.5 cm³/mol. The highest BCUT2D eigenvalue weighted by molar-refractivity contribution is 5.44. The molecule has 1 aromatic rings. The maximum atomic E-state index is 13.9. The van der Waals surface area contributed by atoms with E-state index in [2.05, 4.69) is 0 Å². The minimum atomic E-state index is -0.375. The third-order valence-electron chi connectivity index (χ3n) is 3.22. The van der Waals surface area contributed by atoms with Gasteiger partial charge in [-0.2, -0.15) is 0 Å². The van der Waals surface area contributed by atoms with E-state index in [1.54, 1.807) is 20.3 Å². The van der Waals surface area contributed by atoms with Crippen LogP contribution in [0.15, 0.2) is 29.8 Å². The van der Waals surface area contributed by atoms with Gasteiger partial charge in [-0.25, -0.2) is 0 Å². The van der Waals surface area contributed by atoms with E-state index in [0.717, 1.165) is 17.1 Å². The molecule has 98 valence electrons. The average molecular weight is 251 g/mol. The summed E-state index contributed by atoms with van der Waals surface area (Å²) in [5, 5.41) is 0.845. The van der Waals surface area contributed by atoms with Gasteiger partial charge in [0, 0.05) is 18.2 Å². The topological polar surface area (TPSA) is 21.7 Å². The highest BCUT2D eigenvalue weighted by Crippen LogP contribution is 2.36. The zero-order chi connectivity index (χ0) is 13.1. The van der Waals surface area contributed by atoms with Crippen LogP contribution in [0.2, 0.25) is 0 Å². The molecule has 0 aromatic heterocycles. The molecule has 1 aliphatic heterocycles. The Hall–Kier alpha value is -1.55. The second kappa shape index (κ2) is 5.40. The van der Waals surface area contributed by atoms with Gasteiger partial charge in [0.15, 0.2) is 0 Å². The molecule has 1 atom stereocenters. The van der Waals surface area contributed by atoms with Crippen molar-refractivity contribution in [3.8, 4) is 11.5 Å². The van der Waals surface area contributed by atoms with Crippen LogP contribution in [0.1, 0.15) is 24.9 Å². The lowest BCUT2D eigenvalue weighted by Crippen LogP contribution is -2.24. The Bertz CT molecular complexity index is 459. The molecule has 0 amide bonds. The van der Waals surface area contributed by atoms with Gasteiger partial charge in [-0.15, -0.1) is 9.60 Å². The molecule has 0 radical (unpaired) electrons. The van der Waals surface area contributed by atoms with Gasteiger partial charge in [-0.1, -0.05) is 11.6 Å². The van der Waals surface area contributed by atoms with Crippen LogP contribution in [0.25, 0.3) is 0 Å². The van der Waals surface area contributed by atoms with Crippen LogP contribution in [-0.2, 0) is 0 Å². The minimum absolute atomic E-state index is 0.375. The van der Waals surface area contributed by atoms with E-state index in [1.807, 2.05) is 25.1 Å². The predicted octanol–water partition coefficient (Wildman–Crippen LogP) is 3.28. The summed E-state index contributed by atoms with van der Waals surface area (Å²) in [5.74, 6) is 1.35. The van der Waals surface area contributed by atoms with Crippen LogP contribution in [0.5, 0.6) is 11.5 Å². The molecule has 0 saturated heterocycles. The van der Waals surface area contributed by atoms with E-state index in [1.165, 1.54) is 5.57 Å². The summed E-state index contributed by atoms with van der Waals surface area (Å²) in [4.78, 5) is 0. The van der Waals surface area contributed by atoms with Gasteiger partial charge in [0.25, 0.3) is 0 Å². The Balaban J connectivity index is 2.40. The van der Waals surface area contributed by atoms with Crippen molar-refractivity contribution in [1.82, 2.24) is 5.12 Å². The molecule has 18 heavy (non-hydrogen) atoms. The monoisotopic (exact) mass is 251 g/mol. The minimum Gasteiger partial charge on any atom is -0.497 e. The molecule has 3 nitrogen and oxygen atoms in total. The highest BCUT2D eigenvalue weighted by Gasteiger charge is 2.25. The van der Waals surface area contributed by atoms with Crippen molar-refractivity contribution in [2.45, 2.75) is 19.4 Å². The van der Waals surface area contributed by atoms with Crippen molar-refractivity contribution in [3.63, 3.8) is 0 Å². The lowest BCUT2D eigenvalue weighted by molar-refractivity contribution is -0.0103. The van der Waals surface area contributed by atoms with E-state index < -0.39 is 0 Å². The largest absolute Gasteiger partial charge is 0.497 e. The summed E-state index contributed by atoms with van der Waals surface area (Å²) < 4.78 is 24.4. The fourth-order valence-electron chi connectivity index (χ4n) is 2.16. The fraction of sp³-hybridized carbons (Fsp3) is 0.429. The number of rotatable bonds is 3. The number of methoxy groups -OCH3 is 2. The molecule has 0 N–H and O–H groups in total. The molecule has 0 aliphatic carbocycles. The van der Waals surface area contributed by atoms with E-state index >= 15 is 0 Å². The molecule has 2 rings (SSSR count). The zero-order valence-electron chi connectivity index (χ0n) is 10.9. The van der Waals surface area contributed by atoms with Crippen LogP contribution in [0.3, 0.4) is 0 Å².